The van der Waals surface area contributed by atoms with Gasteiger partial charge in [0.2, 0.25) is 0 Å². The second-order valence-electron chi connectivity index (χ2n) is 4.55. The van der Waals surface area contributed by atoms with Crippen molar-refractivity contribution in [2.75, 3.05) is 20.8 Å². The largest absolute Gasteiger partial charge is 0.497 e. The third kappa shape index (κ3) is 2.48. The van der Waals surface area contributed by atoms with Gasteiger partial charge in [-0.25, -0.2) is 4.98 Å². The van der Waals surface area contributed by atoms with Crippen LogP contribution < -0.4 is 9.47 Å². The molecular formula is C15H16N2O3S. The van der Waals surface area contributed by atoms with Crippen LogP contribution in [0.2, 0.25) is 0 Å². The molecule has 0 saturated carbocycles. The molecule has 21 heavy (non-hydrogen) atoms. The lowest BCUT2D eigenvalue weighted by Crippen LogP contribution is -1.94. The number of aromatic nitrogens is 2. The molecule has 0 aliphatic carbocycles. The van der Waals surface area contributed by atoms with Gasteiger partial charge in [-0.05, 0) is 18.2 Å². The third-order valence-corrected chi connectivity index (χ3v) is 4.22. The first-order valence-corrected chi connectivity index (χ1v) is 7.43. The standard InChI is InChI=1S/C15H16N2O3S/c1-19-11-3-4-14(20-2)12(7-11)13-8-17-10(5-6-18)9-21-15(17)16-13/h3-4,7-9,18H,5-6H2,1-2H3. The molecule has 110 valence electrons. The average molecular weight is 304 g/mol. The highest BCUT2D eigenvalue weighted by molar-refractivity contribution is 7.15. The molecule has 3 aromatic rings. The molecule has 0 spiro atoms. The van der Waals surface area contributed by atoms with Crippen LogP contribution >= 0.6 is 11.3 Å². The summed E-state index contributed by atoms with van der Waals surface area (Å²) in [7, 11) is 3.28. The fraction of sp³-hybridized carbons (Fsp3) is 0.267. The number of aliphatic hydroxyl groups is 1. The number of rotatable bonds is 5. The van der Waals surface area contributed by atoms with E-state index in [1.807, 2.05) is 34.2 Å². The predicted octanol–water partition coefficient (Wildman–Crippen LogP) is 2.61. The van der Waals surface area contributed by atoms with Gasteiger partial charge in [0.15, 0.2) is 4.96 Å². The molecule has 0 unspecified atom stereocenters. The Morgan fingerprint density at radius 1 is 1.29 bits per heavy atom. The molecule has 1 N–H and O–H groups in total. The molecule has 0 saturated heterocycles. The number of hydrogen-bond acceptors (Lipinski definition) is 5. The van der Waals surface area contributed by atoms with Gasteiger partial charge < -0.3 is 14.6 Å². The second-order valence-corrected chi connectivity index (χ2v) is 5.38. The van der Waals surface area contributed by atoms with Gasteiger partial charge in [-0.15, -0.1) is 11.3 Å². The van der Waals surface area contributed by atoms with Crippen molar-refractivity contribution in [2.45, 2.75) is 6.42 Å². The first kappa shape index (κ1) is 13.9. The molecular weight excluding hydrogens is 288 g/mol. The Bertz CT molecular complexity index is 763. The number of nitrogens with zero attached hydrogens (tertiary/aromatic N) is 2. The van der Waals surface area contributed by atoms with Gasteiger partial charge in [-0.1, -0.05) is 0 Å². The summed E-state index contributed by atoms with van der Waals surface area (Å²) in [6, 6.07) is 5.64. The second kappa shape index (κ2) is 5.75. The van der Waals surface area contributed by atoms with Crippen LogP contribution in [0.25, 0.3) is 16.2 Å². The van der Waals surface area contributed by atoms with E-state index in [1.54, 1.807) is 25.6 Å². The Balaban J connectivity index is 2.11. The van der Waals surface area contributed by atoms with Crippen molar-refractivity contribution in [3.05, 3.63) is 35.5 Å². The van der Waals surface area contributed by atoms with Crippen LogP contribution in [0.15, 0.2) is 29.8 Å². The van der Waals surface area contributed by atoms with E-state index in [2.05, 4.69) is 4.98 Å². The highest BCUT2D eigenvalue weighted by Crippen LogP contribution is 2.34. The summed E-state index contributed by atoms with van der Waals surface area (Å²) in [6.45, 7) is 0.127. The van der Waals surface area contributed by atoms with Crippen LogP contribution in [0.5, 0.6) is 11.5 Å². The Morgan fingerprint density at radius 3 is 2.86 bits per heavy atom. The van der Waals surface area contributed by atoms with Crippen molar-refractivity contribution < 1.29 is 14.6 Å². The van der Waals surface area contributed by atoms with Crippen molar-refractivity contribution in [3.8, 4) is 22.8 Å². The number of methoxy groups -OCH3 is 2. The quantitative estimate of drug-likeness (QED) is 0.787. The number of imidazole rings is 1. The third-order valence-electron chi connectivity index (χ3n) is 3.33. The molecule has 0 atom stereocenters. The molecule has 0 bridgehead atoms. The van der Waals surface area contributed by atoms with E-state index < -0.39 is 0 Å². The molecule has 3 rings (SSSR count). The van der Waals surface area contributed by atoms with E-state index in [-0.39, 0.29) is 6.61 Å². The fourth-order valence-corrected chi connectivity index (χ4v) is 3.18. The lowest BCUT2D eigenvalue weighted by molar-refractivity contribution is 0.298. The first-order valence-electron chi connectivity index (χ1n) is 6.55. The summed E-state index contributed by atoms with van der Waals surface area (Å²) in [4.78, 5) is 5.54. The summed E-state index contributed by atoms with van der Waals surface area (Å²) < 4.78 is 12.7. The van der Waals surface area contributed by atoms with Crippen LogP contribution in [0.4, 0.5) is 0 Å². The maximum absolute atomic E-state index is 9.11. The topological polar surface area (TPSA) is 56.0 Å². The lowest BCUT2D eigenvalue weighted by atomic mass is 10.1. The van der Waals surface area contributed by atoms with E-state index in [4.69, 9.17) is 14.6 Å². The van der Waals surface area contributed by atoms with Gasteiger partial charge in [-0.3, -0.25) is 4.40 Å². The molecule has 2 aromatic heterocycles. The molecule has 5 nitrogen and oxygen atoms in total. The zero-order chi connectivity index (χ0) is 14.8. The summed E-state index contributed by atoms with van der Waals surface area (Å²) in [5.41, 5.74) is 2.78. The minimum Gasteiger partial charge on any atom is -0.497 e. The number of hydrogen-bond donors (Lipinski definition) is 1. The SMILES string of the molecule is COc1ccc(OC)c(-c2cn3c(CCO)csc3n2)c1. The van der Waals surface area contributed by atoms with Crippen LogP contribution in [-0.4, -0.2) is 35.3 Å². The molecule has 0 amide bonds. The minimum absolute atomic E-state index is 0.127. The smallest absolute Gasteiger partial charge is 0.194 e. The van der Waals surface area contributed by atoms with Gasteiger partial charge in [-0.2, -0.15) is 0 Å². The zero-order valence-corrected chi connectivity index (χ0v) is 12.7. The van der Waals surface area contributed by atoms with Gasteiger partial charge in [0.25, 0.3) is 0 Å². The van der Waals surface area contributed by atoms with Gasteiger partial charge in [0.05, 0.1) is 19.9 Å². The summed E-state index contributed by atoms with van der Waals surface area (Å²) in [6.07, 6.45) is 2.58. The van der Waals surface area contributed by atoms with Gasteiger partial charge in [0.1, 0.15) is 11.5 Å². The molecule has 6 heteroatoms. The van der Waals surface area contributed by atoms with Gasteiger partial charge in [0, 0.05) is 35.9 Å². The van der Waals surface area contributed by atoms with E-state index in [1.165, 1.54) is 0 Å². The average Bonchev–Trinajstić information content (AvgIpc) is 3.09. The Kier molecular flexibility index (Phi) is 3.81. The maximum Gasteiger partial charge on any atom is 0.194 e. The minimum atomic E-state index is 0.127. The van der Waals surface area contributed by atoms with E-state index >= 15 is 0 Å². The first-order chi connectivity index (χ1) is 10.3. The number of ether oxygens (including phenoxy) is 2. The van der Waals surface area contributed by atoms with Crippen molar-refractivity contribution in [2.24, 2.45) is 0 Å². The summed E-state index contributed by atoms with van der Waals surface area (Å²) in [5.74, 6) is 1.52. The van der Waals surface area contributed by atoms with E-state index in [0.29, 0.717) is 6.42 Å². The maximum atomic E-state index is 9.11. The van der Waals surface area contributed by atoms with Crippen LogP contribution in [0.1, 0.15) is 5.69 Å². The summed E-state index contributed by atoms with van der Waals surface area (Å²) in [5, 5.41) is 11.1. The van der Waals surface area contributed by atoms with E-state index in [9.17, 15) is 0 Å². The normalized spacial score (nSPS) is 11.0. The number of aliphatic hydroxyl groups excluding tert-OH is 1. The number of fused-ring (bicyclic) bond motifs is 1. The predicted molar refractivity (Wildman–Crippen MR) is 82.4 cm³/mol. The highest BCUT2D eigenvalue weighted by Gasteiger charge is 2.14. The van der Waals surface area contributed by atoms with Crippen molar-refractivity contribution in [1.29, 1.82) is 0 Å². The molecule has 0 fully saturated rings. The van der Waals surface area contributed by atoms with Crippen molar-refractivity contribution in [3.63, 3.8) is 0 Å². The fourth-order valence-electron chi connectivity index (χ4n) is 2.27. The summed E-state index contributed by atoms with van der Waals surface area (Å²) >= 11 is 1.56. The number of benzene rings is 1. The molecule has 0 aliphatic heterocycles. The van der Waals surface area contributed by atoms with E-state index in [0.717, 1.165) is 33.4 Å². The van der Waals surface area contributed by atoms with Crippen molar-refractivity contribution >= 4 is 16.3 Å². The zero-order valence-electron chi connectivity index (χ0n) is 11.9. The van der Waals surface area contributed by atoms with Crippen molar-refractivity contribution in [1.82, 2.24) is 9.38 Å². The molecule has 0 radical (unpaired) electrons. The highest BCUT2D eigenvalue weighted by atomic mass is 32.1. The van der Waals surface area contributed by atoms with Crippen LogP contribution in [0, 0.1) is 0 Å². The Morgan fingerprint density at radius 2 is 2.14 bits per heavy atom. The lowest BCUT2D eigenvalue weighted by Gasteiger charge is -2.08. The molecule has 2 heterocycles. The Labute approximate surface area is 126 Å². The monoisotopic (exact) mass is 304 g/mol. The van der Waals surface area contributed by atoms with Crippen LogP contribution in [-0.2, 0) is 6.42 Å². The number of thiazole rings is 1. The van der Waals surface area contributed by atoms with Gasteiger partial charge >= 0.3 is 0 Å². The Hall–Kier alpha value is -2.05. The van der Waals surface area contributed by atoms with Crippen LogP contribution in [0.3, 0.4) is 0 Å². The molecule has 1 aromatic carbocycles. The molecule has 0 aliphatic rings.